The first-order chi connectivity index (χ1) is 12.3. The molecule has 2 rings (SSSR count). The Hall–Kier alpha value is -1.66. The molecule has 6 nitrogen and oxygen atoms in total. The van der Waals surface area contributed by atoms with E-state index in [0.717, 1.165) is 44.9 Å². The van der Waals surface area contributed by atoms with Crippen molar-refractivity contribution in [3.63, 3.8) is 0 Å². The summed E-state index contributed by atoms with van der Waals surface area (Å²) < 4.78 is 20.9. The predicted octanol–water partition coefficient (Wildman–Crippen LogP) is 3.12. The first-order valence-electron chi connectivity index (χ1n) is 9.14. The van der Waals surface area contributed by atoms with Crippen molar-refractivity contribution in [3.8, 4) is 0 Å². The summed E-state index contributed by atoms with van der Waals surface area (Å²) in [5.41, 5.74) is 0. The van der Waals surface area contributed by atoms with Crippen LogP contribution in [0.15, 0.2) is 24.7 Å². The van der Waals surface area contributed by atoms with Crippen molar-refractivity contribution < 1.29 is 28.5 Å². The lowest BCUT2D eigenvalue weighted by molar-refractivity contribution is -0.145. The van der Waals surface area contributed by atoms with Crippen molar-refractivity contribution in [3.05, 3.63) is 24.7 Å². The van der Waals surface area contributed by atoms with Crippen LogP contribution in [-0.4, -0.2) is 38.4 Å². The summed E-state index contributed by atoms with van der Waals surface area (Å²) in [6.07, 6.45) is 12.4. The molecule has 2 unspecified atom stereocenters. The van der Waals surface area contributed by atoms with Crippen molar-refractivity contribution in [1.29, 1.82) is 0 Å². The molecule has 2 atom stereocenters. The van der Waals surface area contributed by atoms with Gasteiger partial charge in [0, 0.05) is 26.4 Å². The Bertz CT molecular complexity index is 429. The SMILES string of the molecule is O=C1OC=CCC1CCCOCCCOCCCC1CC=COC1=O. The predicted molar refractivity (Wildman–Crippen MR) is 91.4 cm³/mol. The first-order valence-corrected chi connectivity index (χ1v) is 9.14. The van der Waals surface area contributed by atoms with Crippen LogP contribution >= 0.6 is 0 Å². The number of allylic oxidation sites excluding steroid dienone is 2. The summed E-state index contributed by atoms with van der Waals surface area (Å²) in [6.45, 7) is 2.64. The van der Waals surface area contributed by atoms with E-state index >= 15 is 0 Å². The number of carbonyl (C=O) groups is 2. The fourth-order valence-corrected chi connectivity index (χ4v) is 2.86. The third kappa shape index (κ3) is 7.84. The van der Waals surface area contributed by atoms with E-state index in [1.165, 1.54) is 12.5 Å². The maximum absolute atomic E-state index is 11.4. The monoisotopic (exact) mass is 352 g/mol. The highest BCUT2D eigenvalue weighted by Gasteiger charge is 2.21. The van der Waals surface area contributed by atoms with E-state index in [1.54, 1.807) is 0 Å². The van der Waals surface area contributed by atoms with E-state index < -0.39 is 0 Å². The third-order valence-corrected chi connectivity index (χ3v) is 4.33. The highest BCUT2D eigenvalue weighted by atomic mass is 16.5. The molecule has 0 saturated carbocycles. The molecule has 2 aliphatic rings. The minimum absolute atomic E-state index is 0.0196. The lowest BCUT2D eigenvalue weighted by Crippen LogP contribution is -2.19. The van der Waals surface area contributed by atoms with Gasteiger partial charge in [0.25, 0.3) is 0 Å². The van der Waals surface area contributed by atoms with Gasteiger partial charge in [0.1, 0.15) is 0 Å². The fourth-order valence-electron chi connectivity index (χ4n) is 2.86. The van der Waals surface area contributed by atoms with Crippen molar-refractivity contribution >= 4 is 11.9 Å². The van der Waals surface area contributed by atoms with Crippen molar-refractivity contribution in [2.45, 2.75) is 44.9 Å². The van der Waals surface area contributed by atoms with E-state index in [2.05, 4.69) is 0 Å². The van der Waals surface area contributed by atoms with E-state index in [9.17, 15) is 9.59 Å². The Morgan fingerprint density at radius 2 is 1.20 bits per heavy atom. The lowest BCUT2D eigenvalue weighted by Gasteiger charge is -2.16. The number of rotatable bonds is 12. The molecule has 6 heteroatoms. The number of ether oxygens (including phenoxy) is 4. The maximum atomic E-state index is 11.4. The van der Waals surface area contributed by atoms with Crippen LogP contribution in [0, 0.1) is 11.8 Å². The second-order valence-electron chi connectivity index (χ2n) is 6.35. The Morgan fingerprint density at radius 3 is 1.64 bits per heavy atom. The quantitative estimate of drug-likeness (QED) is 0.397. The Labute approximate surface area is 149 Å². The molecule has 140 valence electrons. The molecule has 0 fully saturated rings. The molecule has 2 aliphatic heterocycles. The minimum atomic E-state index is -0.131. The standard InChI is InChI=1S/C19H28O6/c20-18-16(8-3-14-24-18)6-1-10-22-12-5-13-23-11-2-7-17-9-4-15-25-19(17)21/h3-4,14-17H,1-2,5-13H2. The molecule has 2 heterocycles. The fraction of sp³-hybridized carbons (Fsp3) is 0.684. The van der Waals surface area contributed by atoms with Gasteiger partial charge in [0.05, 0.1) is 24.4 Å². The number of hydrogen-bond acceptors (Lipinski definition) is 6. The maximum Gasteiger partial charge on any atom is 0.314 e. The average Bonchev–Trinajstić information content (AvgIpc) is 2.62. The van der Waals surface area contributed by atoms with Gasteiger partial charge in [0.15, 0.2) is 0 Å². The summed E-state index contributed by atoms with van der Waals surface area (Å²) in [7, 11) is 0. The van der Waals surface area contributed by atoms with Gasteiger partial charge in [-0.3, -0.25) is 9.59 Å². The zero-order valence-corrected chi connectivity index (χ0v) is 14.7. The van der Waals surface area contributed by atoms with E-state index in [4.69, 9.17) is 18.9 Å². The highest BCUT2D eigenvalue weighted by molar-refractivity contribution is 5.74. The highest BCUT2D eigenvalue weighted by Crippen LogP contribution is 2.19. The molecule has 0 amide bonds. The number of carbonyl (C=O) groups excluding carboxylic acids is 2. The van der Waals surface area contributed by atoms with Crippen LogP contribution in [0.25, 0.3) is 0 Å². The van der Waals surface area contributed by atoms with Crippen LogP contribution in [0.3, 0.4) is 0 Å². The topological polar surface area (TPSA) is 71.1 Å². The molecular formula is C19H28O6. The third-order valence-electron chi connectivity index (χ3n) is 4.33. The molecular weight excluding hydrogens is 324 g/mol. The van der Waals surface area contributed by atoms with Crippen LogP contribution in [0.1, 0.15) is 44.9 Å². The average molecular weight is 352 g/mol. The van der Waals surface area contributed by atoms with E-state index in [0.29, 0.717) is 26.4 Å². The molecule has 0 N–H and O–H groups in total. The largest absolute Gasteiger partial charge is 0.435 e. The second-order valence-corrected chi connectivity index (χ2v) is 6.35. The Morgan fingerprint density at radius 1 is 0.760 bits per heavy atom. The summed E-state index contributed by atoms with van der Waals surface area (Å²) in [5.74, 6) is -0.301. The van der Waals surface area contributed by atoms with E-state index in [-0.39, 0.29) is 23.8 Å². The molecule has 0 bridgehead atoms. The van der Waals surface area contributed by atoms with Gasteiger partial charge < -0.3 is 18.9 Å². The minimum Gasteiger partial charge on any atom is -0.435 e. The number of cyclic esters (lactones) is 2. The van der Waals surface area contributed by atoms with E-state index in [1.807, 2.05) is 12.2 Å². The van der Waals surface area contributed by atoms with Gasteiger partial charge >= 0.3 is 11.9 Å². The summed E-state index contributed by atoms with van der Waals surface area (Å²) in [6, 6.07) is 0. The smallest absolute Gasteiger partial charge is 0.314 e. The molecule has 0 aromatic heterocycles. The summed E-state index contributed by atoms with van der Waals surface area (Å²) in [5, 5.41) is 0. The summed E-state index contributed by atoms with van der Waals surface area (Å²) in [4.78, 5) is 22.9. The van der Waals surface area contributed by atoms with Crippen LogP contribution < -0.4 is 0 Å². The van der Waals surface area contributed by atoms with Crippen LogP contribution in [0.5, 0.6) is 0 Å². The van der Waals surface area contributed by atoms with Crippen LogP contribution in [-0.2, 0) is 28.5 Å². The normalized spacial score (nSPS) is 22.7. The Kier molecular flexibility index (Phi) is 9.29. The van der Waals surface area contributed by atoms with Crippen molar-refractivity contribution in [2.75, 3.05) is 26.4 Å². The lowest BCUT2D eigenvalue weighted by atomic mass is 9.99. The molecule has 0 radical (unpaired) electrons. The molecule has 25 heavy (non-hydrogen) atoms. The molecule has 0 spiro atoms. The Balaban J connectivity index is 1.34. The number of esters is 2. The second kappa shape index (κ2) is 11.8. The van der Waals surface area contributed by atoms with Gasteiger partial charge in [0.2, 0.25) is 0 Å². The zero-order chi connectivity index (χ0) is 17.7. The first kappa shape index (κ1) is 19.7. The molecule has 0 aliphatic carbocycles. The number of hydrogen-bond donors (Lipinski definition) is 0. The van der Waals surface area contributed by atoms with Crippen LogP contribution in [0.4, 0.5) is 0 Å². The van der Waals surface area contributed by atoms with Gasteiger partial charge in [-0.25, -0.2) is 0 Å². The summed E-state index contributed by atoms with van der Waals surface area (Å²) >= 11 is 0. The van der Waals surface area contributed by atoms with Gasteiger partial charge in [-0.15, -0.1) is 0 Å². The van der Waals surface area contributed by atoms with Gasteiger partial charge in [-0.2, -0.15) is 0 Å². The van der Waals surface area contributed by atoms with Crippen LogP contribution in [0.2, 0.25) is 0 Å². The zero-order valence-electron chi connectivity index (χ0n) is 14.7. The molecule has 0 aromatic rings. The van der Waals surface area contributed by atoms with Crippen molar-refractivity contribution in [1.82, 2.24) is 0 Å². The van der Waals surface area contributed by atoms with Gasteiger partial charge in [-0.1, -0.05) is 0 Å². The van der Waals surface area contributed by atoms with Crippen molar-refractivity contribution in [2.24, 2.45) is 11.8 Å². The van der Waals surface area contributed by atoms with Gasteiger partial charge in [-0.05, 0) is 57.1 Å². The molecule has 0 saturated heterocycles. The molecule has 0 aromatic carbocycles.